The first-order valence-corrected chi connectivity index (χ1v) is 17.1. The summed E-state index contributed by atoms with van der Waals surface area (Å²) in [4.78, 5) is 28.7. The van der Waals surface area contributed by atoms with E-state index in [1.165, 1.54) is 11.8 Å². The number of aliphatic hydroxyl groups is 1. The third-order valence-electron chi connectivity index (χ3n) is 8.31. The molecule has 10 nitrogen and oxygen atoms in total. The number of nitrogens with one attached hydrogen (secondary N) is 2. The first-order chi connectivity index (χ1) is 24.4. The first-order valence-electron chi connectivity index (χ1n) is 16.1. The van der Waals surface area contributed by atoms with E-state index in [0.717, 1.165) is 28.0 Å². The van der Waals surface area contributed by atoms with Crippen molar-refractivity contribution < 1.29 is 34.0 Å². The Labute approximate surface area is 294 Å². The third kappa shape index (κ3) is 8.87. The van der Waals surface area contributed by atoms with Crippen molar-refractivity contribution in [1.29, 1.82) is 0 Å². The average Bonchev–Trinajstić information content (AvgIpc) is 3.15. The Morgan fingerprint density at radius 3 is 2.20 bits per heavy atom. The minimum atomic E-state index is -1.03. The monoisotopic (exact) mass is 691 g/mol. The second-order valence-corrected chi connectivity index (χ2v) is 12.8. The zero-order chi connectivity index (χ0) is 34.9. The van der Waals surface area contributed by atoms with E-state index in [9.17, 15) is 19.8 Å². The van der Waals surface area contributed by atoms with Crippen molar-refractivity contribution in [1.82, 2.24) is 10.3 Å². The number of hydrogen-bond donors (Lipinski definition) is 4. The normalized spacial score (nSPS) is 18.6. The number of aliphatic hydroxyl groups excluding tert-OH is 1. The highest BCUT2D eigenvalue weighted by atomic mass is 32.2. The molecule has 4 N–H and O–H groups in total. The van der Waals surface area contributed by atoms with E-state index < -0.39 is 12.3 Å². The number of amides is 2. The fourth-order valence-corrected chi connectivity index (χ4v) is 6.67. The van der Waals surface area contributed by atoms with Crippen LogP contribution in [0.15, 0.2) is 126 Å². The highest BCUT2D eigenvalue weighted by Gasteiger charge is 2.38. The van der Waals surface area contributed by atoms with Gasteiger partial charge in [0.05, 0.1) is 24.4 Å². The number of hydrogen-bond acceptors (Lipinski definition) is 8. The van der Waals surface area contributed by atoms with Gasteiger partial charge >= 0.3 is 12.0 Å². The molecule has 2 amide bonds. The molecule has 0 saturated carbocycles. The Bertz CT molecular complexity index is 1870. The van der Waals surface area contributed by atoms with Gasteiger partial charge in [-0.3, -0.25) is 0 Å². The number of carboxylic acids is 1. The quantitative estimate of drug-likeness (QED) is 0.0960. The van der Waals surface area contributed by atoms with E-state index in [0.29, 0.717) is 28.8 Å². The average molecular weight is 692 g/mol. The van der Waals surface area contributed by atoms with Gasteiger partial charge in [-0.05, 0) is 65.2 Å². The van der Waals surface area contributed by atoms with Crippen LogP contribution in [0.4, 0.5) is 10.5 Å². The lowest BCUT2D eigenvalue weighted by atomic mass is 9.91. The lowest BCUT2D eigenvalue weighted by molar-refractivity contribution is -0.268. The Morgan fingerprint density at radius 2 is 1.50 bits per heavy atom. The van der Waals surface area contributed by atoms with Crippen LogP contribution in [0.5, 0.6) is 11.5 Å². The summed E-state index contributed by atoms with van der Waals surface area (Å²) in [5.41, 5.74) is 4.23. The van der Waals surface area contributed by atoms with Gasteiger partial charge in [0.1, 0.15) is 16.5 Å². The lowest BCUT2D eigenvalue weighted by Crippen LogP contribution is -2.38. The van der Waals surface area contributed by atoms with E-state index in [1.807, 2.05) is 78.9 Å². The van der Waals surface area contributed by atoms with E-state index in [2.05, 4.69) is 22.5 Å². The molecule has 5 aromatic rings. The molecule has 1 saturated heterocycles. The zero-order valence-electron chi connectivity index (χ0n) is 27.3. The molecule has 50 heavy (non-hydrogen) atoms. The van der Waals surface area contributed by atoms with Gasteiger partial charge < -0.3 is 35.1 Å². The maximum absolute atomic E-state index is 12.6. The summed E-state index contributed by atoms with van der Waals surface area (Å²) in [5, 5.41) is 25.3. The molecule has 1 aromatic heterocycles. The summed E-state index contributed by atoms with van der Waals surface area (Å²) in [5.74, 6) is 0.752. The molecule has 0 aliphatic carbocycles. The van der Waals surface area contributed by atoms with Crippen LogP contribution in [-0.2, 0) is 22.6 Å². The van der Waals surface area contributed by atoms with Crippen molar-refractivity contribution in [2.45, 2.75) is 43.6 Å². The first kappa shape index (κ1) is 34.7. The Kier molecular flexibility index (Phi) is 11.4. The third-order valence-corrected chi connectivity index (χ3v) is 9.40. The number of pyridine rings is 1. The van der Waals surface area contributed by atoms with Crippen LogP contribution in [0, 0.1) is 5.92 Å². The van der Waals surface area contributed by atoms with Gasteiger partial charge in [-0.15, -0.1) is 11.8 Å². The van der Waals surface area contributed by atoms with Crippen molar-refractivity contribution in [3.05, 3.63) is 149 Å². The number of aromatic carboxylic acids is 1. The summed E-state index contributed by atoms with van der Waals surface area (Å²) in [7, 11) is 0. The number of benzene rings is 4. The second-order valence-electron chi connectivity index (χ2n) is 11.8. The number of anilines is 1. The topological polar surface area (TPSA) is 139 Å². The van der Waals surface area contributed by atoms with Crippen molar-refractivity contribution in [3.8, 4) is 11.5 Å². The molecule has 1 aliphatic rings. The number of carbonyl (C=O) groups is 2. The van der Waals surface area contributed by atoms with Gasteiger partial charge in [0.25, 0.3) is 0 Å². The molecule has 0 radical (unpaired) electrons. The number of thioether (sulfide) groups is 1. The van der Waals surface area contributed by atoms with Gasteiger partial charge in [0.15, 0.2) is 6.29 Å². The minimum Gasteiger partial charge on any atom is -0.478 e. The van der Waals surface area contributed by atoms with Gasteiger partial charge in [-0.2, -0.15) is 0 Å². The number of aromatic nitrogens is 1. The molecular formula is C39H37N3O7S. The molecule has 0 bridgehead atoms. The molecule has 4 aromatic carbocycles. The smallest absolute Gasteiger partial charge is 0.338 e. The van der Waals surface area contributed by atoms with Crippen molar-refractivity contribution in [2.24, 2.45) is 5.92 Å². The summed E-state index contributed by atoms with van der Waals surface area (Å²) in [6.07, 6.45) is 0.269. The maximum atomic E-state index is 12.6. The SMILES string of the molecule is C[C@H]1[C@@H](CSc2ncccc2C(=O)O)O[C@@H](c2ccc(CNC(=O)Nc3ccc(Oc4ccccc4)cc3)cc2)O[C@H]1c1ccc(CO)cc1. The molecule has 1 fully saturated rings. The van der Waals surface area contributed by atoms with Crippen LogP contribution >= 0.6 is 11.8 Å². The Hall–Kier alpha value is -5.20. The predicted molar refractivity (Wildman–Crippen MR) is 190 cm³/mol. The number of urea groups is 1. The van der Waals surface area contributed by atoms with Gasteiger partial charge in [0.2, 0.25) is 0 Å². The van der Waals surface area contributed by atoms with Crippen molar-refractivity contribution in [3.63, 3.8) is 0 Å². The molecule has 4 atom stereocenters. The van der Waals surface area contributed by atoms with Crippen LogP contribution in [-0.4, -0.2) is 39.1 Å². The van der Waals surface area contributed by atoms with Gasteiger partial charge in [-0.1, -0.05) is 73.7 Å². The number of para-hydroxylation sites is 1. The van der Waals surface area contributed by atoms with Crippen LogP contribution in [0.1, 0.15) is 51.9 Å². The van der Waals surface area contributed by atoms with Crippen LogP contribution in [0.2, 0.25) is 0 Å². The van der Waals surface area contributed by atoms with Crippen LogP contribution in [0.25, 0.3) is 0 Å². The number of ether oxygens (including phenoxy) is 3. The molecule has 256 valence electrons. The standard InChI is InChI=1S/C39H37N3O7S/c1-25-34(24-50-36-33(37(44)45)8-5-21-40-36)48-38(49-35(25)28-13-11-27(23-43)12-14-28)29-15-9-26(10-16-29)22-41-39(46)42-30-17-19-32(20-18-30)47-31-6-3-2-4-7-31/h2-21,25,34-35,38,43H,22-24H2,1H3,(H,44,45)(H2,41,42,46)/t25-,34+,35+,38+/m0/s1. The highest BCUT2D eigenvalue weighted by molar-refractivity contribution is 7.99. The van der Waals surface area contributed by atoms with Crippen molar-refractivity contribution >= 4 is 29.4 Å². The Morgan fingerprint density at radius 1 is 0.820 bits per heavy atom. The molecule has 11 heteroatoms. The molecule has 6 rings (SSSR count). The maximum Gasteiger partial charge on any atom is 0.338 e. The zero-order valence-corrected chi connectivity index (χ0v) is 28.1. The largest absolute Gasteiger partial charge is 0.478 e. The van der Waals surface area contributed by atoms with E-state index in [1.54, 1.807) is 42.6 Å². The number of rotatable bonds is 12. The summed E-state index contributed by atoms with van der Waals surface area (Å²) in [6.45, 7) is 2.30. The van der Waals surface area contributed by atoms with E-state index in [-0.39, 0.29) is 36.3 Å². The number of carboxylic acid groups (broad SMARTS) is 1. The minimum absolute atomic E-state index is 0.0527. The van der Waals surface area contributed by atoms with Gasteiger partial charge in [-0.25, -0.2) is 14.6 Å². The lowest BCUT2D eigenvalue weighted by Gasteiger charge is -2.41. The molecule has 2 heterocycles. The molecule has 0 spiro atoms. The Balaban J connectivity index is 1.09. The van der Waals surface area contributed by atoms with Crippen molar-refractivity contribution in [2.75, 3.05) is 11.1 Å². The van der Waals surface area contributed by atoms with E-state index in [4.69, 9.17) is 14.2 Å². The van der Waals surface area contributed by atoms with Gasteiger partial charge in [0, 0.05) is 35.7 Å². The highest BCUT2D eigenvalue weighted by Crippen LogP contribution is 2.43. The fourth-order valence-electron chi connectivity index (χ4n) is 5.52. The summed E-state index contributed by atoms with van der Waals surface area (Å²) in [6, 6.07) is 34.7. The summed E-state index contributed by atoms with van der Waals surface area (Å²) < 4.78 is 18.9. The second kappa shape index (κ2) is 16.5. The predicted octanol–water partition coefficient (Wildman–Crippen LogP) is 7.97. The van der Waals surface area contributed by atoms with E-state index >= 15 is 0 Å². The van der Waals surface area contributed by atoms with Crippen LogP contribution in [0.3, 0.4) is 0 Å². The van der Waals surface area contributed by atoms with Crippen LogP contribution < -0.4 is 15.4 Å². The molecular weight excluding hydrogens is 655 g/mol. The molecule has 0 unspecified atom stereocenters. The number of carbonyl (C=O) groups excluding carboxylic acids is 1. The number of nitrogens with zero attached hydrogens (tertiary/aromatic N) is 1. The fraction of sp³-hybridized carbons (Fsp3) is 0.205. The summed E-state index contributed by atoms with van der Waals surface area (Å²) >= 11 is 1.34. The molecule has 1 aliphatic heterocycles.